The second-order valence-corrected chi connectivity index (χ2v) is 26.4. The Hall–Kier alpha value is -16.3. The molecule has 12 rings (SSSR count). The van der Waals surface area contributed by atoms with Gasteiger partial charge in [-0.25, -0.2) is 24.3 Å². The summed E-state index contributed by atoms with van der Waals surface area (Å²) in [4.78, 5) is 68.8. The molecule has 0 atom stereocenters. The first-order valence-corrected chi connectivity index (χ1v) is 38.7. The number of rotatable bonds is 37. The summed E-state index contributed by atoms with van der Waals surface area (Å²) in [6, 6.07) is 48.6. The van der Waals surface area contributed by atoms with Crippen molar-refractivity contribution in [1.29, 1.82) is 0 Å². The predicted molar refractivity (Wildman–Crippen MR) is 487 cm³/mol. The number of aromatic hydroxyl groups is 1. The van der Waals surface area contributed by atoms with Crippen LogP contribution < -0.4 is 97.1 Å². The van der Waals surface area contributed by atoms with Gasteiger partial charge >= 0.3 is 0 Å². The topological polar surface area (TPSA) is 356 Å². The lowest BCUT2D eigenvalue weighted by Crippen LogP contribution is -2.05. The van der Waals surface area contributed by atoms with Crippen LogP contribution in [0.4, 0.5) is 50.4 Å². The lowest BCUT2D eigenvalue weighted by Gasteiger charge is -2.15. The van der Waals surface area contributed by atoms with Crippen LogP contribution in [0.1, 0.15) is 69.2 Å². The summed E-state index contributed by atoms with van der Waals surface area (Å²) in [5.74, 6) is 8.32. The van der Waals surface area contributed by atoms with Crippen molar-refractivity contribution >= 4 is 93.5 Å². The number of carbonyl (C=O) groups is 4. The summed E-state index contributed by atoms with van der Waals surface area (Å²) < 4.78 is 98.6. The molecule has 0 fully saturated rings. The highest BCUT2D eigenvalue weighted by atomic mass is 19.1. The standard InChI is InChI=1S/C26H28N2O7.C25H26N2O6.C23H21FN2O4.C23H22N2O5/c1-31-21-11-16(12-22(32-2)25(21)35-5)8-9-20(30)19-7-6-10-27-26(19)28-18-13-17(15-29)24(34-4)23(14-18)33-3;1-29-20-11-9-17(15-21(20)30-2)27-25-18(7-6-12-26-25)19(28)10-8-16-13-22(31-3)24(33-5)23(14-16)32-4;1-28-20-13-15(14-21(29-2)22(20)30-3)6-11-19(27)18-5-4-12-25-23(18)26-17-9-7-16(24)8-10-17;1-28-20-13-15(14-21(29-2)22(20)30-3)6-11-19(27)18-5-4-12-24-23(18)25-16-7-9-17(26)10-8-16/h6-14,29H,15H2,1-5H3,(H,27,28);6-15H,1-5H3,(H,26,27);4-14H,1-3H3,(H,25,26);4-14,26H,1-3H3,(H,24,25)/b9-8+;10-8+;2*11-6+. The maximum Gasteiger partial charge on any atom is 0.203 e. The van der Waals surface area contributed by atoms with E-state index in [0.29, 0.717) is 177 Å². The van der Waals surface area contributed by atoms with Crippen molar-refractivity contribution in [3.63, 3.8) is 0 Å². The summed E-state index contributed by atoms with van der Waals surface area (Å²) in [5, 5.41) is 31.6. The second kappa shape index (κ2) is 47.9. The van der Waals surface area contributed by atoms with Gasteiger partial charge in [-0.15, -0.1) is 0 Å². The Labute approximate surface area is 739 Å². The molecule has 0 aliphatic carbocycles. The van der Waals surface area contributed by atoms with Crippen LogP contribution in [0.25, 0.3) is 24.3 Å². The van der Waals surface area contributed by atoms with E-state index in [1.165, 1.54) is 136 Å². The molecule has 12 aromatic rings. The molecule has 31 heteroatoms. The van der Waals surface area contributed by atoms with Crippen molar-refractivity contribution in [2.45, 2.75) is 6.61 Å². The number of aliphatic hydroxyl groups is 1. The minimum absolute atomic E-state index is 0.158. The maximum absolute atomic E-state index is 13.1. The molecule has 0 spiro atoms. The number of phenolic OH excluding ortho intramolecular Hbond substituents is 1. The number of ketones is 4. The molecule has 4 aromatic heterocycles. The van der Waals surface area contributed by atoms with Gasteiger partial charge in [-0.2, -0.15) is 0 Å². The monoisotopic (exact) mass is 1740 g/mol. The average Bonchev–Trinajstić information content (AvgIpc) is 0.790. The Morgan fingerprint density at radius 2 is 0.539 bits per heavy atom. The molecular weight excluding hydrogens is 1650 g/mol. The van der Waals surface area contributed by atoms with Crippen molar-refractivity contribution < 1.29 is 110 Å². The molecule has 0 radical (unpaired) electrons. The molecule has 0 unspecified atom stereocenters. The Kier molecular flexibility index (Phi) is 35.8. The number of ether oxygens (including phenoxy) is 16. The lowest BCUT2D eigenvalue weighted by molar-refractivity contribution is 0.104. The minimum atomic E-state index is -0.342. The molecule has 0 aliphatic rings. The zero-order valence-corrected chi connectivity index (χ0v) is 73.1. The Morgan fingerprint density at radius 1 is 0.289 bits per heavy atom. The lowest BCUT2D eigenvalue weighted by atomic mass is 10.1. The highest BCUT2D eigenvalue weighted by Gasteiger charge is 2.22. The number of aliphatic hydroxyl groups excluding tert-OH is 1. The number of methoxy groups -OCH3 is 16. The number of hydrogen-bond donors (Lipinski definition) is 6. The van der Waals surface area contributed by atoms with Crippen LogP contribution in [0.2, 0.25) is 0 Å². The largest absolute Gasteiger partial charge is 0.508 e. The molecule has 0 bridgehead atoms. The molecule has 0 aliphatic heterocycles. The summed E-state index contributed by atoms with van der Waals surface area (Å²) in [5.41, 5.74) is 7.53. The van der Waals surface area contributed by atoms with E-state index in [1.807, 2.05) is 6.07 Å². The molecule has 0 amide bonds. The number of benzene rings is 8. The van der Waals surface area contributed by atoms with Crippen LogP contribution in [0.3, 0.4) is 0 Å². The second-order valence-electron chi connectivity index (χ2n) is 26.4. The number of carbonyl (C=O) groups excluding carboxylic acids is 4. The van der Waals surface area contributed by atoms with Gasteiger partial charge in [0.05, 0.1) is 143 Å². The molecule has 8 aromatic carbocycles. The molecular formula is C97H97FN8O22. The quantitative estimate of drug-likeness (QED) is 0.0120. The Morgan fingerprint density at radius 3 is 0.812 bits per heavy atom. The smallest absolute Gasteiger partial charge is 0.203 e. The summed E-state index contributed by atoms with van der Waals surface area (Å²) >= 11 is 0. The Balaban J connectivity index is 0.000000193. The fraction of sp³-hybridized carbons (Fsp3) is 0.175. The number of nitrogens with zero attached hydrogens (tertiary/aromatic N) is 4. The van der Waals surface area contributed by atoms with Crippen LogP contribution in [0, 0.1) is 5.82 Å². The van der Waals surface area contributed by atoms with Crippen molar-refractivity contribution in [2.24, 2.45) is 0 Å². The predicted octanol–water partition coefficient (Wildman–Crippen LogP) is 18.4. The van der Waals surface area contributed by atoms with Gasteiger partial charge in [0.25, 0.3) is 0 Å². The van der Waals surface area contributed by atoms with E-state index in [-0.39, 0.29) is 41.3 Å². The number of nitrogens with one attached hydrogen (secondary N) is 4. The van der Waals surface area contributed by atoms with E-state index >= 15 is 0 Å². The fourth-order valence-electron chi connectivity index (χ4n) is 12.4. The number of pyridine rings is 4. The van der Waals surface area contributed by atoms with Crippen LogP contribution >= 0.6 is 0 Å². The third-order valence-electron chi connectivity index (χ3n) is 18.6. The first-order valence-electron chi connectivity index (χ1n) is 38.7. The highest BCUT2D eigenvalue weighted by molar-refractivity contribution is 6.12. The van der Waals surface area contributed by atoms with E-state index in [0.717, 1.165) is 11.1 Å². The molecule has 128 heavy (non-hydrogen) atoms. The average molecular weight is 1750 g/mol. The molecule has 0 saturated carbocycles. The number of halogens is 1. The van der Waals surface area contributed by atoms with E-state index < -0.39 is 0 Å². The van der Waals surface area contributed by atoms with Gasteiger partial charge in [0, 0.05) is 65.2 Å². The van der Waals surface area contributed by atoms with Gasteiger partial charge < -0.3 is 107 Å². The summed E-state index contributed by atoms with van der Waals surface area (Å²) in [6.45, 7) is -0.249. The number of aromatic nitrogens is 4. The number of phenols is 1. The Bertz CT molecular complexity index is 5650. The van der Waals surface area contributed by atoms with Gasteiger partial charge in [-0.05, 0) is 210 Å². The normalized spacial score (nSPS) is 10.6. The van der Waals surface area contributed by atoms with Gasteiger partial charge in [-0.3, -0.25) is 19.2 Å². The molecule has 4 heterocycles. The van der Waals surface area contributed by atoms with E-state index in [2.05, 4.69) is 41.2 Å². The minimum Gasteiger partial charge on any atom is -0.508 e. The first-order chi connectivity index (χ1) is 62.1. The van der Waals surface area contributed by atoms with Crippen molar-refractivity contribution in [3.05, 3.63) is 281 Å². The first kappa shape index (κ1) is 95.5. The van der Waals surface area contributed by atoms with E-state index in [1.54, 1.807) is 221 Å². The van der Waals surface area contributed by atoms with E-state index in [4.69, 9.17) is 75.8 Å². The van der Waals surface area contributed by atoms with Crippen LogP contribution in [0.5, 0.6) is 97.7 Å². The van der Waals surface area contributed by atoms with Crippen molar-refractivity contribution in [2.75, 3.05) is 135 Å². The number of hydrogen-bond acceptors (Lipinski definition) is 30. The zero-order valence-electron chi connectivity index (χ0n) is 73.1. The van der Waals surface area contributed by atoms with Crippen molar-refractivity contribution in [3.8, 4) is 97.7 Å². The van der Waals surface area contributed by atoms with Crippen LogP contribution in [-0.4, -0.2) is 167 Å². The summed E-state index contributed by atoms with van der Waals surface area (Å²) in [6.07, 6.45) is 18.8. The van der Waals surface area contributed by atoms with Gasteiger partial charge in [0.15, 0.2) is 92.1 Å². The van der Waals surface area contributed by atoms with Gasteiger partial charge in [0.1, 0.15) is 34.8 Å². The van der Waals surface area contributed by atoms with Crippen LogP contribution in [-0.2, 0) is 6.61 Å². The molecule has 664 valence electrons. The van der Waals surface area contributed by atoms with Gasteiger partial charge in [0.2, 0.25) is 23.0 Å². The third kappa shape index (κ3) is 25.2. The molecule has 6 N–H and O–H groups in total. The van der Waals surface area contributed by atoms with Crippen LogP contribution in [0.15, 0.2) is 225 Å². The molecule has 30 nitrogen and oxygen atoms in total. The number of anilines is 8. The third-order valence-corrected chi connectivity index (χ3v) is 18.6. The molecule has 0 saturated heterocycles. The SMILES string of the molecule is COc1cc(/C=C/C(=O)c2cccnc2Nc2ccc(F)cc2)cc(OC)c1OC.COc1cc(/C=C/C(=O)c2cccnc2Nc2ccc(O)cc2)cc(OC)c1OC.COc1cc(Nc2ncccc2C(=O)/C=C/c2cc(OC)c(OC)c(OC)c2)cc(CO)c1OC.COc1ccc(Nc2ncccc2C(=O)/C=C/c2cc(OC)c(OC)c(OC)c2)cc1OC. The van der Waals surface area contributed by atoms with Gasteiger partial charge in [-0.1, -0.05) is 24.3 Å². The van der Waals surface area contributed by atoms with E-state index in [9.17, 15) is 33.8 Å². The number of allylic oxidation sites excluding steroid dienone is 4. The highest BCUT2D eigenvalue weighted by Crippen LogP contribution is 2.44. The fourth-order valence-corrected chi connectivity index (χ4v) is 12.4. The maximum atomic E-state index is 13.1. The summed E-state index contributed by atoms with van der Waals surface area (Å²) in [7, 11) is 24.5. The van der Waals surface area contributed by atoms with Crippen molar-refractivity contribution in [1.82, 2.24) is 19.9 Å². The zero-order chi connectivity index (χ0) is 92.2.